The van der Waals surface area contributed by atoms with Crippen molar-refractivity contribution in [2.24, 2.45) is 29.1 Å². The summed E-state index contributed by atoms with van der Waals surface area (Å²) in [6.45, 7) is 9.04. The fraction of sp³-hybridized carbons (Fsp3) is 1.00. The Kier molecular flexibility index (Phi) is 10.8. The molecule has 0 amide bonds. The van der Waals surface area contributed by atoms with Gasteiger partial charge in [-0.25, -0.2) is 0 Å². The maximum Gasteiger partial charge on any atom is -0.0323 e. The van der Waals surface area contributed by atoms with E-state index in [1.54, 1.807) is 38.5 Å². The molecule has 0 aromatic heterocycles. The molecule has 0 aromatic carbocycles. The van der Waals surface area contributed by atoms with Crippen LogP contribution in [0.15, 0.2) is 0 Å². The molecule has 3 aliphatic rings. The third-order valence-corrected chi connectivity index (χ3v) is 8.31. The van der Waals surface area contributed by atoms with Crippen LogP contribution in [0.25, 0.3) is 0 Å². The molecule has 0 heteroatoms. The molecule has 0 nitrogen and oxygen atoms in total. The van der Waals surface area contributed by atoms with Crippen molar-refractivity contribution in [3.8, 4) is 0 Å². The average Bonchev–Trinajstić information content (AvgIpc) is 2.92. The van der Waals surface area contributed by atoms with E-state index in [0.29, 0.717) is 5.41 Å². The van der Waals surface area contributed by atoms with Gasteiger partial charge in [-0.1, -0.05) is 105 Å². The maximum atomic E-state index is 2.66. The summed E-state index contributed by atoms with van der Waals surface area (Å²) in [6, 6.07) is 0. The second-order valence-electron chi connectivity index (χ2n) is 10.7. The molecule has 3 fully saturated rings. The van der Waals surface area contributed by atoms with E-state index in [0.717, 1.165) is 23.7 Å². The zero-order chi connectivity index (χ0) is 19.5. The van der Waals surface area contributed by atoms with Gasteiger partial charge in [0.05, 0.1) is 0 Å². The Morgan fingerprint density at radius 3 is 1.93 bits per heavy atom. The highest BCUT2D eigenvalue weighted by Gasteiger charge is 2.37. The van der Waals surface area contributed by atoms with E-state index in [1.807, 2.05) is 13.8 Å². The van der Waals surface area contributed by atoms with Crippen LogP contribution in [0.3, 0.4) is 0 Å². The first-order chi connectivity index (χ1) is 13.2. The third-order valence-electron chi connectivity index (χ3n) is 8.31. The molecular formula is C27H52. The number of hydrogen-bond acceptors (Lipinski definition) is 0. The standard InChI is InChI=1S/C25H46.C2H6/c1-3-4-12-21-17-22(20-25(2)15-10-5-6-11-16-25)19-24(18-21)23-13-8-7-9-14-23;1-2/h21-24H,3-20H2,1-2H3;1-2H3. The van der Waals surface area contributed by atoms with Crippen molar-refractivity contribution in [3.63, 3.8) is 0 Å². The summed E-state index contributed by atoms with van der Waals surface area (Å²) in [6.07, 6.45) is 27.5. The summed E-state index contributed by atoms with van der Waals surface area (Å²) in [5, 5.41) is 0. The van der Waals surface area contributed by atoms with Crippen molar-refractivity contribution < 1.29 is 0 Å². The van der Waals surface area contributed by atoms with E-state index < -0.39 is 0 Å². The molecule has 0 heterocycles. The molecule has 3 atom stereocenters. The van der Waals surface area contributed by atoms with Crippen molar-refractivity contribution in [1.82, 2.24) is 0 Å². The second kappa shape index (κ2) is 12.5. The molecule has 3 saturated carbocycles. The fourth-order valence-electron chi connectivity index (χ4n) is 6.99. The topological polar surface area (TPSA) is 0 Å². The lowest BCUT2D eigenvalue weighted by Crippen LogP contribution is -2.32. The van der Waals surface area contributed by atoms with Crippen LogP contribution in [-0.4, -0.2) is 0 Å². The summed E-state index contributed by atoms with van der Waals surface area (Å²) in [7, 11) is 0. The van der Waals surface area contributed by atoms with Crippen LogP contribution in [0.5, 0.6) is 0 Å². The van der Waals surface area contributed by atoms with Gasteiger partial charge in [0.1, 0.15) is 0 Å². The Morgan fingerprint density at radius 1 is 0.704 bits per heavy atom. The summed E-state index contributed by atoms with van der Waals surface area (Å²) in [5.41, 5.74) is 0.685. The highest BCUT2D eigenvalue weighted by Crippen LogP contribution is 2.49. The van der Waals surface area contributed by atoms with Crippen molar-refractivity contribution in [2.75, 3.05) is 0 Å². The van der Waals surface area contributed by atoms with Gasteiger partial charge in [-0.2, -0.15) is 0 Å². The van der Waals surface area contributed by atoms with E-state index in [4.69, 9.17) is 0 Å². The molecule has 3 rings (SSSR count). The number of hydrogen-bond donors (Lipinski definition) is 0. The molecular weight excluding hydrogens is 324 g/mol. The molecule has 0 N–H and O–H groups in total. The Labute approximate surface area is 172 Å². The lowest BCUT2D eigenvalue weighted by atomic mass is 9.62. The maximum absolute atomic E-state index is 2.66. The first kappa shape index (κ1) is 23.3. The van der Waals surface area contributed by atoms with Gasteiger partial charge in [-0.3, -0.25) is 0 Å². The van der Waals surface area contributed by atoms with Crippen molar-refractivity contribution in [3.05, 3.63) is 0 Å². The average molecular weight is 377 g/mol. The first-order valence-electron chi connectivity index (χ1n) is 13.2. The Hall–Kier alpha value is 0. The summed E-state index contributed by atoms with van der Waals surface area (Å²) < 4.78 is 0. The lowest BCUT2D eigenvalue weighted by Gasteiger charge is -2.43. The minimum Gasteiger partial charge on any atom is -0.0683 e. The quantitative estimate of drug-likeness (QED) is 0.405. The van der Waals surface area contributed by atoms with Crippen molar-refractivity contribution in [2.45, 2.75) is 143 Å². The zero-order valence-electron chi connectivity index (χ0n) is 19.5. The van der Waals surface area contributed by atoms with Crippen LogP contribution >= 0.6 is 0 Å². The van der Waals surface area contributed by atoms with Crippen LogP contribution in [0, 0.1) is 29.1 Å². The minimum atomic E-state index is 0.685. The summed E-state index contributed by atoms with van der Waals surface area (Å²) >= 11 is 0. The number of rotatable bonds is 6. The normalized spacial score (nSPS) is 32.2. The van der Waals surface area contributed by atoms with E-state index in [2.05, 4.69) is 13.8 Å². The van der Waals surface area contributed by atoms with Gasteiger partial charge in [0.25, 0.3) is 0 Å². The molecule has 160 valence electrons. The van der Waals surface area contributed by atoms with Gasteiger partial charge in [0.2, 0.25) is 0 Å². The molecule has 0 bridgehead atoms. The van der Waals surface area contributed by atoms with E-state index >= 15 is 0 Å². The van der Waals surface area contributed by atoms with Crippen LogP contribution < -0.4 is 0 Å². The zero-order valence-corrected chi connectivity index (χ0v) is 19.5. The van der Waals surface area contributed by atoms with E-state index in [-0.39, 0.29) is 0 Å². The van der Waals surface area contributed by atoms with Gasteiger partial charge in [-0.05, 0) is 67.6 Å². The van der Waals surface area contributed by atoms with Crippen LogP contribution in [-0.2, 0) is 0 Å². The minimum absolute atomic E-state index is 0.685. The SMILES string of the molecule is CC.CCCCC1CC(CC2(C)CCCCCC2)CC(C2CCCCC2)C1. The molecule has 3 aliphatic carbocycles. The van der Waals surface area contributed by atoms with Gasteiger partial charge in [0, 0.05) is 0 Å². The molecule has 0 aromatic rings. The van der Waals surface area contributed by atoms with Crippen LogP contribution in [0.4, 0.5) is 0 Å². The van der Waals surface area contributed by atoms with Crippen molar-refractivity contribution in [1.29, 1.82) is 0 Å². The highest BCUT2D eigenvalue weighted by atomic mass is 14.4. The summed E-state index contributed by atoms with van der Waals surface area (Å²) in [4.78, 5) is 0. The largest absolute Gasteiger partial charge is 0.0683 e. The van der Waals surface area contributed by atoms with Crippen molar-refractivity contribution >= 4 is 0 Å². The molecule has 0 saturated heterocycles. The molecule has 0 spiro atoms. The van der Waals surface area contributed by atoms with Crippen LogP contribution in [0.2, 0.25) is 0 Å². The predicted octanol–water partition coefficient (Wildman–Crippen LogP) is 9.57. The van der Waals surface area contributed by atoms with Crippen LogP contribution in [0.1, 0.15) is 143 Å². The molecule has 27 heavy (non-hydrogen) atoms. The van der Waals surface area contributed by atoms with Gasteiger partial charge < -0.3 is 0 Å². The number of unbranched alkanes of at least 4 members (excludes halogenated alkanes) is 1. The molecule has 3 unspecified atom stereocenters. The van der Waals surface area contributed by atoms with Gasteiger partial charge >= 0.3 is 0 Å². The Morgan fingerprint density at radius 2 is 1.30 bits per heavy atom. The van der Waals surface area contributed by atoms with Gasteiger partial charge in [0.15, 0.2) is 0 Å². The first-order valence-corrected chi connectivity index (χ1v) is 13.2. The lowest BCUT2D eigenvalue weighted by molar-refractivity contribution is 0.0804. The summed E-state index contributed by atoms with van der Waals surface area (Å²) in [5.74, 6) is 4.32. The van der Waals surface area contributed by atoms with E-state index in [9.17, 15) is 0 Å². The Balaban J connectivity index is 0.00000126. The van der Waals surface area contributed by atoms with E-state index in [1.165, 1.54) is 77.0 Å². The third kappa shape index (κ3) is 7.74. The monoisotopic (exact) mass is 376 g/mol. The molecule has 0 radical (unpaired) electrons. The Bertz CT molecular complexity index is 356. The fourth-order valence-corrected chi connectivity index (χ4v) is 6.99. The smallest absolute Gasteiger partial charge is 0.0323 e. The highest BCUT2D eigenvalue weighted by molar-refractivity contribution is 4.88. The predicted molar refractivity (Wildman–Crippen MR) is 122 cm³/mol. The van der Waals surface area contributed by atoms with Gasteiger partial charge in [-0.15, -0.1) is 0 Å². The molecule has 0 aliphatic heterocycles. The second-order valence-corrected chi connectivity index (χ2v) is 10.7.